The molecule has 2 nitrogen and oxygen atoms in total. The highest BCUT2D eigenvalue weighted by Gasteiger charge is 2.44. The minimum atomic E-state index is -0.276. The minimum absolute atomic E-state index is 0.161. The fraction of sp³-hybridized carbons (Fsp3) is 0.611. The van der Waals surface area contributed by atoms with Gasteiger partial charge in [-0.2, -0.15) is 0 Å². The van der Waals surface area contributed by atoms with Crippen LogP contribution in [0.5, 0.6) is 0 Å². The van der Waals surface area contributed by atoms with Gasteiger partial charge >= 0.3 is 0 Å². The second-order valence-corrected chi connectivity index (χ2v) is 6.57. The summed E-state index contributed by atoms with van der Waals surface area (Å²) in [5, 5.41) is 0. The van der Waals surface area contributed by atoms with Gasteiger partial charge in [-0.05, 0) is 51.3 Å². The second kappa shape index (κ2) is 5.69. The summed E-state index contributed by atoms with van der Waals surface area (Å²) in [6.45, 7) is 4.38. The van der Waals surface area contributed by atoms with Gasteiger partial charge in [0.05, 0.1) is 11.5 Å². The van der Waals surface area contributed by atoms with Crippen LogP contribution in [0.25, 0.3) is 0 Å². The number of likely N-dealkylation sites (tertiary alicyclic amines) is 1. The molecule has 0 aromatic heterocycles. The summed E-state index contributed by atoms with van der Waals surface area (Å²) in [6.07, 6.45) is 7.06. The monoisotopic (exact) mass is 271 g/mol. The van der Waals surface area contributed by atoms with E-state index in [4.69, 9.17) is 0 Å². The van der Waals surface area contributed by atoms with Gasteiger partial charge in [-0.1, -0.05) is 43.2 Å². The highest BCUT2D eigenvalue weighted by atomic mass is 16.1. The maximum absolute atomic E-state index is 13.1. The maximum Gasteiger partial charge on any atom is 0.160 e. The molecule has 1 aromatic carbocycles. The van der Waals surface area contributed by atoms with E-state index in [-0.39, 0.29) is 11.5 Å². The molecule has 1 heterocycles. The number of carbonyl (C=O) groups is 1. The molecular weight excluding hydrogens is 246 g/mol. The first-order valence-electron chi connectivity index (χ1n) is 8.06. The molecular formula is C18H25NO. The first-order valence-corrected chi connectivity index (χ1v) is 8.06. The van der Waals surface area contributed by atoms with Gasteiger partial charge in [-0.15, -0.1) is 0 Å². The first-order chi connectivity index (χ1) is 9.72. The quantitative estimate of drug-likeness (QED) is 0.820. The molecule has 2 aliphatic rings. The van der Waals surface area contributed by atoms with Crippen LogP contribution in [-0.4, -0.2) is 29.8 Å². The Morgan fingerprint density at radius 2 is 1.75 bits per heavy atom. The molecule has 20 heavy (non-hydrogen) atoms. The topological polar surface area (TPSA) is 20.3 Å². The molecule has 0 N–H and O–H groups in total. The Balaban J connectivity index is 1.84. The van der Waals surface area contributed by atoms with Crippen LogP contribution in [0, 0.1) is 0 Å². The van der Waals surface area contributed by atoms with Crippen LogP contribution in [0.3, 0.4) is 0 Å². The summed E-state index contributed by atoms with van der Waals surface area (Å²) < 4.78 is 0. The minimum Gasteiger partial charge on any atom is -0.297 e. The van der Waals surface area contributed by atoms with Gasteiger partial charge in [0.2, 0.25) is 0 Å². The Morgan fingerprint density at radius 3 is 2.45 bits per heavy atom. The lowest BCUT2D eigenvalue weighted by Gasteiger charge is -2.43. The standard InChI is InChI=1S/C18H25NO/c1-18(15-9-4-2-5-10-15)12-8-11-16(17(18)20)19-13-6-3-7-14-19/h2,4-5,9-10,16H,3,6-8,11-14H2,1H3. The number of Topliss-reactive ketones (excluding diaryl/α,β-unsaturated/α-hetero) is 1. The van der Waals surface area contributed by atoms with Crippen LogP contribution in [-0.2, 0) is 10.2 Å². The molecule has 2 heteroatoms. The lowest BCUT2D eigenvalue weighted by molar-refractivity contribution is -0.132. The van der Waals surface area contributed by atoms with Crippen LogP contribution >= 0.6 is 0 Å². The number of carbonyl (C=O) groups excluding carboxylic acids is 1. The van der Waals surface area contributed by atoms with Gasteiger partial charge in [-0.25, -0.2) is 0 Å². The normalized spacial score (nSPS) is 32.2. The smallest absolute Gasteiger partial charge is 0.160 e. The summed E-state index contributed by atoms with van der Waals surface area (Å²) in [5.41, 5.74) is 0.924. The zero-order valence-electron chi connectivity index (χ0n) is 12.5. The molecule has 0 amide bonds. The van der Waals surface area contributed by atoms with Gasteiger partial charge in [0.1, 0.15) is 0 Å². The van der Waals surface area contributed by atoms with Crippen molar-refractivity contribution >= 4 is 5.78 Å². The summed E-state index contributed by atoms with van der Waals surface area (Å²) in [6, 6.07) is 10.5. The van der Waals surface area contributed by atoms with Gasteiger partial charge in [-0.3, -0.25) is 9.69 Å². The van der Waals surface area contributed by atoms with Crippen molar-refractivity contribution < 1.29 is 4.79 Å². The van der Waals surface area contributed by atoms with Gasteiger partial charge in [0.25, 0.3) is 0 Å². The Bertz CT molecular complexity index is 464. The maximum atomic E-state index is 13.1. The third kappa shape index (κ3) is 2.42. The van der Waals surface area contributed by atoms with Crippen LogP contribution in [0.1, 0.15) is 51.0 Å². The molecule has 1 aliphatic heterocycles. The lowest BCUT2D eigenvalue weighted by atomic mass is 9.67. The van der Waals surface area contributed by atoms with E-state index in [0.717, 1.165) is 32.4 Å². The van der Waals surface area contributed by atoms with Crippen LogP contribution < -0.4 is 0 Å². The molecule has 1 saturated heterocycles. The number of piperidine rings is 1. The van der Waals surface area contributed by atoms with Crippen molar-refractivity contribution in [2.75, 3.05) is 13.1 Å². The molecule has 1 aliphatic carbocycles. The fourth-order valence-corrected chi connectivity index (χ4v) is 3.94. The number of hydrogen-bond acceptors (Lipinski definition) is 2. The number of rotatable bonds is 2. The van der Waals surface area contributed by atoms with E-state index in [9.17, 15) is 4.79 Å². The van der Waals surface area contributed by atoms with Crippen LogP contribution in [0.15, 0.2) is 30.3 Å². The zero-order chi connectivity index (χ0) is 14.0. The summed E-state index contributed by atoms with van der Waals surface area (Å²) in [4.78, 5) is 15.6. The van der Waals surface area contributed by atoms with E-state index in [1.165, 1.54) is 24.8 Å². The highest BCUT2D eigenvalue weighted by Crippen LogP contribution is 2.38. The highest BCUT2D eigenvalue weighted by molar-refractivity contribution is 5.94. The van der Waals surface area contributed by atoms with E-state index in [0.29, 0.717) is 5.78 Å². The Hall–Kier alpha value is -1.15. The molecule has 1 aromatic rings. The number of nitrogens with zero attached hydrogens (tertiary/aromatic N) is 1. The van der Waals surface area contributed by atoms with Crippen molar-refractivity contribution in [3.63, 3.8) is 0 Å². The largest absolute Gasteiger partial charge is 0.297 e. The Labute approximate surface area is 122 Å². The van der Waals surface area contributed by atoms with E-state index in [2.05, 4.69) is 36.1 Å². The number of benzene rings is 1. The molecule has 0 spiro atoms. The van der Waals surface area contributed by atoms with Crippen LogP contribution in [0.4, 0.5) is 0 Å². The van der Waals surface area contributed by atoms with E-state index >= 15 is 0 Å². The SMILES string of the molecule is CC1(c2ccccc2)CCCC(N2CCCCC2)C1=O. The average Bonchev–Trinajstić information content (AvgIpc) is 2.52. The summed E-state index contributed by atoms with van der Waals surface area (Å²) >= 11 is 0. The van der Waals surface area contributed by atoms with Gasteiger partial charge < -0.3 is 0 Å². The summed E-state index contributed by atoms with van der Waals surface area (Å²) in [7, 11) is 0. The molecule has 0 radical (unpaired) electrons. The van der Waals surface area contributed by atoms with Crippen molar-refractivity contribution in [3.05, 3.63) is 35.9 Å². The Morgan fingerprint density at radius 1 is 1.05 bits per heavy atom. The van der Waals surface area contributed by atoms with Crippen molar-refractivity contribution in [2.24, 2.45) is 0 Å². The number of hydrogen-bond donors (Lipinski definition) is 0. The Kier molecular flexibility index (Phi) is 3.93. The van der Waals surface area contributed by atoms with E-state index in [1.54, 1.807) is 0 Å². The lowest BCUT2D eigenvalue weighted by Crippen LogP contribution is -2.53. The van der Waals surface area contributed by atoms with Crippen molar-refractivity contribution in [2.45, 2.75) is 56.9 Å². The first kappa shape index (κ1) is 13.8. The van der Waals surface area contributed by atoms with Gasteiger partial charge in [0.15, 0.2) is 5.78 Å². The molecule has 1 saturated carbocycles. The molecule has 2 fully saturated rings. The molecule has 0 bridgehead atoms. The third-order valence-corrected chi connectivity index (χ3v) is 5.24. The van der Waals surface area contributed by atoms with E-state index in [1.807, 2.05) is 6.07 Å². The van der Waals surface area contributed by atoms with Gasteiger partial charge in [0, 0.05) is 0 Å². The fourth-order valence-electron chi connectivity index (χ4n) is 3.94. The van der Waals surface area contributed by atoms with Crippen molar-refractivity contribution in [1.82, 2.24) is 4.90 Å². The molecule has 3 rings (SSSR count). The van der Waals surface area contributed by atoms with Crippen LogP contribution in [0.2, 0.25) is 0 Å². The van der Waals surface area contributed by atoms with E-state index < -0.39 is 0 Å². The van der Waals surface area contributed by atoms with Crippen molar-refractivity contribution in [1.29, 1.82) is 0 Å². The second-order valence-electron chi connectivity index (χ2n) is 6.57. The molecule has 2 unspecified atom stereocenters. The average molecular weight is 271 g/mol. The van der Waals surface area contributed by atoms with Crippen molar-refractivity contribution in [3.8, 4) is 0 Å². The molecule has 2 atom stereocenters. The zero-order valence-corrected chi connectivity index (χ0v) is 12.5. The third-order valence-electron chi connectivity index (χ3n) is 5.24. The number of ketones is 1. The molecule has 108 valence electrons. The summed E-state index contributed by atoms with van der Waals surface area (Å²) in [5.74, 6) is 0.455. The predicted molar refractivity (Wildman–Crippen MR) is 81.9 cm³/mol. The predicted octanol–water partition coefficient (Wildman–Crippen LogP) is 3.55.